The van der Waals surface area contributed by atoms with Crippen LogP contribution in [0, 0.1) is 11.7 Å². The standard InChI is InChI=1S/C27H31FN2O4/c1-27(2,3)21-8-5-16(11-22(21)28)12-23(31)25-20-7-6-19(34-4)13-17(20)9-10-30(25)26(33)18-14-24(32)29-15-18/h5-8,11,13,18,25H,9-10,12,14-15H2,1-4H3,(H,29,32)/t18-,25-/m1/s1. The predicted molar refractivity (Wildman–Crippen MR) is 126 cm³/mol. The van der Waals surface area contributed by atoms with Crippen LogP contribution in [0.5, 0.6) is 5.75 Å². The molecule has 1 N–H and O–H groups in total. The van der Waals surface area contributed by atoms with Crippen LogP contribution in [0.1, 0.15) is 55.5 Å². The van der Waals surface area contributed by atoms with Gasteiger partial charge in [-0.05, 0) is 52.3 Å². The van der Waals surface area contributed by atoms with Crippen molar-refractivity contribution in [3.05, 3.63) is 64.5 Å². The first-order valence-electron chi connectivity index (χ1n) is 11.6. The van der Waals surface area contributed by atoms with Crippen LogP contribution < -0.4 is 10.1 Å². The zero-order valence-electron chi connectivity index (χ0n) is 20.1. The van der Waals surface area contributed by atoms with Crippen molar-refractivity contribution < 1.29 is 23.5 Å². The average Bonchev–Trinajstić information content (AvgIpc) is 3.22. The molecule has 4 rings (SSSR count). The Hall–Kier alpha value is -3.22. The Morgan fingerprint density at radius 1 is 1.18 bits per heavy atom. The molecule has 34 heavy (non-hydrogen) atoms. The highest BCUT2D eigenvalue weighted by Gasteiger charge is 2.40. The van der Waals surface area contributed by atoms with E-state index in [0.717, 1.165) is 11.1 Å². The van der Waals surface area contributed by atoms with Gasteiger partial charge in [0.2, 0.25) is 11.8 Å². The lowest BCUT2D eigenvalue weighted by Crippen LogP contribution is -2.46. The lowest BCUT2D eigenvalue weighted by Gasteiger charge is -2.38. The molecule has 0 spiro atoms. The number of hydrogen-bond donors (Lipinski definition) is 1. The SMILES string of the molecule is COc1ccc2c(c1)CCN(C(=O)[C@H]1CNC(=O)C1)[C@H]2C(=O)Cc1ccc(C(C)(C)C)c(F)c1. The topological polar surface area (TPSA) is 75.7 Å². The zero-order chi connectivity index (χ0) is 24.6. The van der Waals surface area contributed by atoms with E-state index in [-0.39, 0.29) is 48.2 Å². The van der Waals surface area contributed by atoms with Crippen LogP contribution in [0.25, 0.3) is 0 Å². The summed E-state index contributed by atoms with van der Waals surface area (Å²) in [5.41, 5.74) is 2.53. The minimum atomic E-state index is -0.789. The maximum absolute atomic E-state index is 14.8. The first-order chi connectivity index (χ1) is 16.1. The van der Waals surface area contributed by atoms with Gasteiger partial charge in [0.25, 0.3) is 0 Å². The molecule has 1 saturated heterocycles. The molecule has 2 aromatic rings. The summed E-state index contributed by atoms with van der Waals surface area (Å²) in [6, 6.07) is 9.66. The molecular weight excluding hydrogens is 435 g/mol. The number of ether oxygens (including phenoxy) is 1. The smallest absolute Gasteiger partial charge is 0.228 e. The Morgan fingerprint density at radius 2 is 1.94 bits per heavy atom. The van der Waals surface area contributed by atoms with Crippen molar-refractivity contribution >= 4 is 17.6 Å². The third kappa shape index (κ3) is 4.69. The van der Waals surface area contributed by atoms with E-state index in [9.17, 15) is 18.8 Å². The van der Waals surface area contributed by atoms with Crippen molar-refractivity contribution in [2.75, 3.05) is 20.2 Å². The fourth-order valence-electron chi connectivity index (χ4n) is 4.90. The molecule has 0 aliphatic carbocycles. The number of amides is 2. The zero-order valence-corrected chi connectivity index (χ0v) is 20.1. The fourth-order valence-corrected chi connectivity index (χ4v) is 4.90. The van der Waals surface area contributed by atoms with Gasteiger partial charge < -0.3 is 15.0 Å². The molecule has 2 amide bonds. The summed E-state index contributed by atoms with van der Waals surface area (Å²) < 4.78 is 20.1. The molecule has 0 radical (unpaired) electrons. The van der Waals surface area contributed by atoms with Crippen molar-refractivity contribution in [1.29, 1.82) is 0 Å². The van der Waals surface area contributed by atoms with Crippen LogP contribution in [0.3, 0.4) is 0 Å². The number of carbonyl (C=O) groups is 3. The molecule has 2 aromatic carbocycles. The quantitative estimate of drug-likeness (QED) is 0.732. The van der Waals surface area contributed by atoms with Crippen molar-refractivity contribution in [3.8, 4) is 5.75 Å². The number of Topliss-reactive ketones (excluding diaryl/α,β-unsaturated/α-hetero) is 1. The normalized spacial score (nSPS) is 20.0. The molecule has 2 aliphatic heterocycles. The molecule has 0 aromatic heterocycles. The van der Waals surface area contributed by atoms with Gasteiger partial charge in [-0.15, -0.1) is 0 Å². The second kappa shape index (κ2) is 9.20. The predicted octanol–water partition coefficient (Wildman–Crippen LogP) is 3.51. The second-order valence-corrected chi connectivity index (χ2v) is 10.2. The van der Waals surface area contributed by atoms with Crippen LogP contribution >= 0.6 is 0 Å². The van der Waals surface area contributed by atoms with Gasteiger partial charge in [-0.2, -0.15) is 0 Å². The highest BCUT2D eigenvalue weighted by Crippen LogP contribution is 2.35. The minimum absolute atomic E-state index is 0.00308. The highest BCUT2D eigenvalue weighted by molar-refractivity contribution is 5.95. The van der Waals surface area contributed by atoms with Gasteiger partial charge in [0.1, 0.15) is 17.6 Å². The maximum Gasteiger partial charge on any atom is 0.228 e. The lowest BCUT2D eigenvalue weighted by atomic mass is 9.84. The molecule has 7 heteroatoms. The van der Waals surface area contributed by atoms with Crippen molar-refractivity contribution in [2.45, 2.75) is 51.5 Å². The van der Waals surface area contributed by atoms with E-state index in [1.807, 2.05) is 32.9 Å². The molecule has 0 saturated carbocycles. The monoisotopic (exact) mass is 466 g/mol. The van der Waals surface area contributed by atoms with Crippen LogP contribution in [0.15, 0.2) is 36.4 Å². The summed E-state index contributed by atoms with van der Waals surface area (Å²) in [5, 5.41) is 2.70. The number of nitrogens with zero attached hydrogens (tertiary/aromatic N) is 1. The number of benzene rings is 2. The van der Waals surface area contributed by atoms with Gasteiger partial charge in [-0.3, -0.25) is 14.4 Å². The highest BCUT2D eigenvalue weighted by atomic mass is 19.1. The van der Waals surface area contributed by atoms with E-state index in [0.29, 0.717) is 29.8 Å². The maximum atomic E-state index is 14.8. The summed E-state index contributed by atoms with van der Waals surface area (Å²) in [6.07, 6.45) is 0.722. The van der Waals surface area contributed by atoms with Crippen LogP contribution in [-0.4, -0.2) is 42.7 Å². The summed E-state index contributed by atoms with van der Waals surface area (Å²) in [6.45, 7) is 6.47. The van der Waals surface area contributed by atoms with Gasteiger partial charge in [-0.25, -0.2) is 4.39 Å². The number of ketones is 1. The summed E-state index contributed by atoms with van der Waals surface area (Å²) in [4.78, 5) is 40.3. The van der Waals surface area contributed by atoms with Crippen molar-refractivity contribution in [2.24, 2.45) is 5.92 Å². The first kappa shape index (κ1) is 23.9. The summed E-state index contributed by atoms with van der Waals surface area (Å²) in [5.74, 6) is -0.666. The van der Waals surface area contributed by atoms with E-state index < -0.39 is 12.0 Å². The van der Waals surface area contributed by atoms with E-state index in [1.165, 1.54) is 6.07 Å². The molecule has 2 heterocycles. The fraction of sp³-hybridized carbons (Fsp3) is 0.444. The van der Waals surface area contributed by atoms with Gasteiger partial charge in [0.05, 0.1) is 13.0 Å². The lowest BCUT2D eigenvalue weighted by molar-refractivity contribution is -0.143. The Labute approximate surface area is 199 Å². The van der Waals surface area contributed by atoms with Gasteiger partial charge in [0.15, 0.2) is 5.78 Å². The van der Waals surface area contributed by atoms with E-state index in [4.69, 9.17) is 4.74 Å². The molecule has 2 aliphatic rings. The molecular formula is C27H31FN2O4. The largest absolute Gasteiger partial charge is 0.497 e. The number of carbonyl (C=O) groups excluding carboxylic acids is 3. The molecule has 180 valence electrons. The number of halogens is 1. The molecule has 0 bridgehead atoms. The average molecular weight is 467 g/mol. The third-order valence-electron chi connectivity index (χ3n) is 6.71. The number of nitrogens with one attached hydrogen (secondary N) is 1. The van der Waals surface area contributed by atoms with E-state index in [1.54, 1.807) is 30.2 Å². The Morgan fingerprint density at radius 3 is 2.56 bits per heavy atom. The van der Waals surface area contributed by atoms with Crippen molar-refractivity contribution in [3.63, 3.8) is 0 Å². The summed E-state index contributed by atoms with van der Waals surface area (Å²) >= 11 is 0. The number of fused-ring (bicyclic) bond motifs is 1. The molecule has 1 fully saturated rings. The molecule has 6 nitrogen and oxygen atoms in total. The van der Waals surface area contributed by atoms with Crippen LogP contribution in [-0.2, 0) is 32.6 Å². The van der Waals surface area contributed by atoms with Gasteiger partial charge >= 0.3 is 0 Å². The van der Waals surface area contributed by atoms with Crippen molar-refractivity contribution in [1.82, 2.24) is 10.2 Å². The second-order valence-electron chi connectivity index (χ2n) is 10.2. The number of rotatable bonds is 5. The summed E-state index contributed by atoms with van der Waals surface area (Å²) in [7, 11) is 1.59. The van der Waals surface area contributed by atoms with Gasteiger partial charge in [-0.1, -0.05) is 39.0 Å². The molecule has 2 atom stereocenters. The Kier molecular flexibility index (Phi) is 6.47. The molecule has 0 unspecified atom stereocenters. The number of methoxy groups -OCH3 is 1. The van der Waals surface area contributed by atoms with Crippen LogP contribution in [0.2, 0.25) is 0 Å². The van der Waals surface area contributed by atoms with Crippen LogP contribution in [0.4, 0.5) is 4.39 Å². The first-order valence-corrected chi connectivity index (χ1v) is 11.6. The van der Waals surface area contributed by atoms with E-state index in [2.05, 4.69) is 5.32 Å². The number of hydrogen-bond acceptors (Lipinski definition) is 4. The van der Waals surface area contributed by atoms with Gasteiger partial charge in [0, 0.05) is 25.9 Å². The third-order valence-corrected chi connectivity index (χ3v) is 6.71. The Balaban J connectivity index is 1.66. The van der Waals surface area contributed by atoms with E-state index >= 15 is 0 Å². The Bertz CT molecular complexity index is 1140. The minimum Gasteiger partial charge on any atom is -0.497 e.